The summed E-state index contributed by atoms with van der Waals surface area (Å²) in [6.45, 7) is 38.5. The van der Waals surface area contributed by atoms with Gasteiger partial charge < -0.3 is 19.7 Å². The lowest BCUT2D eigenvalue weighted by Crippen LogP contribution is -2.63. The van der Waals surface area contributed by atoms with Gasteiger partial charge in [-0.05, 0) is 94.4 Å². The van der Waals surface area contributed by atoms with E-state index in [0.717, 1.165) is 83.5 Å². The van der Waals surface area contributed by atoms with E-state index < -0.39 is 27.3 Å². The fraction of sp³-hybridized carbons (Fsp3) is 0.906. The lowest BCUT2D eigenvalue weighted by atomic mass is 9.72. The fourth-order valence-corrected chi connectivity index (χ4v) is 10.0. The van der Waals surface area contributed by atoms with Gasteiger partial charge in [0.25, 0.3) is 0 Å². The highest BCUT2D eigenvalue weighted by atomic mass is 16.6. The Morgan fingerprint density at radius 2 is 1.14 bits per heavy atom. The molecule has 64 heavy (non-hydrogen) atoms. The van der Waals surface area contributed by atoms with E-state index in [4.69, 9.17) is 9.47 Å². The Kier molecular flexibility index (Phi) is 20.8. The molecule has 11 heteroatoms. The molecule has 0 aromatic rings. The van der Waals surface area contributed by atoms with Crippen LogP contribution in [0, 0.1) is 16.2 Å². The van der Waals surface area contributed by atoms with Crippen LogP contribution >= 0.6 is 0 Å². The summed E-state index contributed by atoms with van der Waals surface area (Å²) in [5, 5.41) is 7.38. The molecule has 0 radical (unpaired) electrons. The number of rotatable bonds is 23. The number of hydrogen-bond donors (Lipinski definition) is 2. The van der Waals surface area contributed by atoms with Crippen LogP contribution < -0.4 is 10.6 Å². The molecule has 1 amide bonds. The van der Waals surface area contributed by atoms with Crippen molar-refractivity contribution >= 4 is 29.4 Å². The Morgan fingerprint density at radius 3 is 1.61 bits per heavy atom. The first-order valence-electron chi connectivity index (χ1n) is 25.1. The van der Waals surface area contributed by atoms with Gasteiger partial charge in [0.05, 0.1) is 23.7 Å². The molecule has 0 aromatic carbocycles. The lowest BCUT2D eigenvalue weighted by Gasteiger charge is -2.43. The molecule has 0 aromatic heterocycles. The summed E-state index contributed by atoms with van der Waals surface area (Å²) >= 11 is 0. The SMILES string of the molecule is CC(C)(C)NC(CCCCCCCCOC(=O)N1CC[C@@](NC(C)(C)C)(C(=O)C(C)(C)C)C1)(CCCCCCCC(=O)O[C@H]1C[C@H](C(=O)C(C)(C)C)N(C(C)(C)C)C1)C(=O)C(C)(C)C. The Morgan fingerprint density at radius 1 is 0.625 bits per heavy atom. The molecule has 0 bridgehead atoms. The van der Waals surface area contributed by atoms with Crippen LogP contribution in [0.15, 0.2) is 0 Å². The summed E-state index contributed by atoms with van der Waals surface area (Å²) in [5.74, 6) is 0.417. The maximum Gasteiger partial charge on any atom is 0.409 e. The van der Waals surface area contributed by atoms with Crippen molar-refractivity contribution in [2.24, 2.45) is 16.2 Å². The monoisotopic (exact) mass is 903 g/mol. The van der Waals surface area contributed by atoms with Gasteiger partial charge in [0.2, 0.25) is 0 Å². The molecule has 2 saturated heterocycles. The van der Waals surface area contributed by atoms with Gasteiger partial charge in [0.1, 0.15) is 6.10 Å². The number of ketones is 3. The fourth-order valence-electron chi connectivity index (χ4n) is 10.0. The summed E-state index contributed by atoms with van der Waals surface area (Å²) in [6, 6.07) is -0.243. The Balaban J connectivity index is 1.83. The molecule has 0 spiro atoms. The van der Waals surface area contributed by atoms with E-state index in [9.17, 15) is 24.0 Å². The van der Waals surface area contributed by atoms with Gasteiger partial charge in [0.15, 0.2) is 17.3 Å². The number of nitrogens with one attached hydrogen (secondary N) is 2. The molecule has 2 N–H and O–H groups in total. The van der Waals surface area contributed by atoms with E-state index in [-0.39, 0.29) is 58.2 Å². The number of carbonyl (C=O) groups excluding carboxylic acids is 5. The van der Waals surface area contributed by atoms with Crippen LogP contribution in [0.4, 0.5) is 4.79 Å². The number of nitrogens with zero attached hydrogens (tertiary/aromatic N) is 2. The molecule has 1 unspecified atom stereocenters. The van der Waals surface area contributed by atoms with E-state index in [2.05, 4.69) is 77.8 Å². The first kappa shape index (κ1) is 57.8. The number of Topliss-reactive ketones (excluding diaryl/α,β-unsaturated/α-hetero) is 3. The zero-order valence-corrected chi connectivity index (χ0v) is 44.5. The molecular formula is C53H98N4O7. The molecule has 2 fully saturated rings. The van der Waals surface area contributed by atoms with Crippen molar-refractivity contribution in [3.8, 4) is 0 Å². The van der Waals surface area contributed by atoms with Gasteiger partial charge in [-0.2, -0.15) is 0 Å². The highest BCUT2D eigenvalue weighted by Gasteiger charge is 2.51. The number of carbonyl (C=O) groups is 5. The number of ether oxygens (including phenoxy) is 2. The van der Waals surface area contributed by atoms with Gasteiger partial charge >= 0.3 is 12.1 Å². The minimum Gasteiger partial charge on any atom is -0.461 e. The summed E-state index contributed by atoms with van der Waals surface area (Å²) in [6.07, 6.45) is 12.9. The largest absolute Gasteiger partial charge is 0.461 e. The molecule has 2 aliphatic heterocycles. The average Bonchev–Trinajstić information content (AvgIpc) is 3.75. The summed E-state index contributed by atoms with van der Waals surface area (Å²) in [4.78, 5) is 71.0. The second kappa shape index (κ2) is 23.1. The minimum atomic E-state index is -0.778. The molecule has 2 heterocycles. The molecule has 0 aliphatic carbocycles. The number of hydrogen-bond acceptors (Lipinski definition) is 10. The second-order valence-electron chi connectivity index (χ2n) is 25.8. The molecule has 0 saturated carbocycles. The molecular weight excluding hydrogens is 805 g/mol. The molecule has 2 rings (SSSR count). The van der Waals surface area contributed by atoms with Crippen molar-refractivity contribution in [1.29, 1.82) is 0 Å². The zero-order chi connectivity index (χ0) is 49.2. The third kappa shape index (κ3) is 18.7. The van der Waals surface area contributed by atoms with Gasteiger partial charge in [-0.3, -0.25) is 29.4 Å². The highest BCUT2D eigenvalue weighted by Crippen LogP contribution is 2.36. The number of esters is 1. The van der Waals surface area contributed by atoms with Crippen molar-refractivity contribution in [2.45, 2.75) is 267 Å². The average molecular weight is 903 g/mol. The van der Waals surface area contributed by atoms with Gasteiger partial charge in [-0.1, -0.05) is 120 Å². The van der Waals surface area contributed by atoms with Crippen LogP contribution in [0.2, 0.25) is 0 Å². The quantitative estimate of drug-likeness (QED) is 0.0754. The van der Waals surface area contributed by atoms with E-state index in [0.29, 0.717) is 45.5 Å². The maximum absolute atomic E-state index is 14.3. The van der Waals surface area contributed by atoms with Crippen LogP contribution in [0.1, 0.15) is 227 Å². The first-order valence-corrected chi connectivity index (χ1v) is 25.1. The molecule has 11 nitrogen and oxygen atoms in total. The minimum absolute atomic E-state index is 0.127. The lowest BCUT2D eigenvalue weighted by molar-refractivity contribution is -0.149. The van der Waals surface area contributed by atoms with Gasteiger partial charge in [-0.15, -0.1) is 0 Å². The van der Waals surface area contributed by atoms with Gasteiger partial charge in [0, 0.05) is 65.3 Å². The van der Waals surface area contributed by atoms with Crippen LogP contribution in [0.3, 0.4) is 0 Å². The van der Waals surface area contributed by atoms with Crippen molar-refractivity contribution in [3.63, 3.8) is 0 Å². The molecule has 2 aliphatic rings. The summed E-state index contributed by atoms with van der Waals surface area (Å²) in [7, 11) is 0. The molecule has 372 valence electrons. The van der Waals surface area contributed by atoms with Crippen LogP contribution in [-0.4, -0.2) is 105 Å². The van der Waals surface area contributed by atoms with Crippen molar-refractivity contribution < 1.29 is 33.4 Å². The smallest absolute Gasteiger partial charge is 0.409 e. The highest BCUT2D eigenvalue weighted by molar-refractivity contribution is 5.94. The van der Waals surface area contributed by atoms with Crippen LogP contribution in [0.5, 0.6) is 0 Å². The van der Waals surface area contributed by atoms with E-state index in [1.807, 2.05) is 62.3 Å². The third-order valence-corrected chi connectivity index (χ3v) is 12.7. The third-order valence-electron chi connectivity index (χ3n) is 12.7. The molecule has 4 atom stereocenters. The van der Waals surface area contributed by atoms with Crippen LogP contribution in [0.25, 0.3) is 0 Å². The van der Waals surface area contributed by atoms with E-state index >= 15 is 0 Å². The normalized spacial score (nSPS) is 21.5. The summed E-state index contributed by atoms with van der Waals surface area (Å²) < 4.78 is 11.6. The van der Waals surface area contributed by atoms with Crippen molar-refractivity contribution in [1.82, 2.24) is 20.4 Å². The van der Waals surface area contributed by atoms with E-state index in [1.54, 1.807) is 4.90 Å². The predicted octanol–water partition coefficient (Wildman–Crippen LogP) is 11.2. The predicted molar refractivity (Wildman–Crippen MR) is 262 cm³/mol. The first-order chi connectivity index (χ1) is 29.0. The Labute approximate surface area is 391 Å². The van der Waals surface area contributed by atoms with Crippen LogP contribution in [-0.2, 0) is 28.7 Å². The zero-order valence-electron chi connectivity index (χ0n) is 44.5. The van der Waals surface area contributed by atoms with E-state index in [1.165, 1.54) is 0 Å². The topological polar surface area (TPSA) is 134 Å². The Bertz CT molecular complexity index is 1530. The van der Waals surface area contributed by atoms with Crippen molar-refractivity contribution in [2.75, 3.05) is 26.2 Å². The van der Waals surface area contributed by atoms with Gasteiger partial charge in [-0.25, -0.2) is 4.79 Å². The maximum atomic E-state index is 14.3. The summed E-state index contributed by atoms with van der Waals surface area (Å²) in [5.41, 5.74) is -3.56. The number of likely N-dealkylation sites (tertiary alicyclic amines) is 2. The Hall–Kier alpha value is -2.37. The second-order valence-corrected chi connectivity index (χ2v) is 25.8. The van der Waals surface area contributed by atoms with Crippen molar-refractivity contribution in [3.05, 3.63) is 0 Å². The standard InChI is InChI=1S/C53H98N4O7/c1-46(2,3)42(59)40-36-39(37-57(40)51(16,17)18)64-41(58)30-26-22-21-24-28-32-52(54-49(10,11)12,43(60)47(4,5)6)31-27-23-19-20-25-29-35-63-45(62)56-34-33-53(38-56,55-50(13,14)15)44(61)48(7,8)9/h39-40,54-55H,19-38H2,1-18H3/t39-,40+,52?,53-/m0/s1. The number of amides is 1. The number of unbranched alkanes of at least 4 members (excludes halogenated alkanes) is 9.